The molecule has 0 fully saturated rings. The third-order valence-corrected chi connectivity index (χ3v) is 2.02. The van der Waals surface area contributed by atoms with Gasteiger partial charge in [0.25, 0.3) is 0 Å². The molecule has 0 heterocycles. The summed E-state index contributed by atoms with van der Waals surface area (Å²) in [5, 5.41) is 12.1. The summed E-state index contributed by atoms with van der Waals surface area (Å²) in [5.74, 6) is -0.884. The second-order valence-electron chi connectivity index (χ2n) is 4.61. The van der Waals surface area contributed by atoms with Gasteiger partial charge in [-0.3, -0.25) is 0 Å². The van der Waals surface area contributed by atoms with Crippen molar-refractivity contribution in [2.24, 2.45) is 0 Å². The van der Waals surface area contributed by atoms with Crippen molar-refractivity contribution in [2.75, 3.05) is 0 Å². The minimum absolute atomic E-state index is 0.0749. The largest absolute Gasteiger partial charge is 0.478 e. The predicted octanol–water partition coefficient (Wildman–Crippen LogP) is 2.27. The zero-order valence-corrected chi connectivity index (χ0v) is 9.37. The summed E-state index contributed by atoms with van der Waals surface area (Å²) in [6.07, 6.45) is 0. The summed E-state index contributed by atoms with van der Waals surface area (Å²) < 4.78 is 0. The molecule has 0 aliphatic heterocycles. The smallest absolute Gasteiger partial charge is 0.335 e. The van der Waals surface area contributed by atoms with Gasteiger partial charge in [-0.2, -0.15) is 0 Å². The Hall–Kier alpha value is -1.35. The van der Waals surface area contributed by atoms with Crippen LogP contribution in [-0.2, 0) is 6.54 Å². The number of carboxylic acids is 1. The lowest BCUT2D eigenvalue weighted by Gasteiger charge is -2.20. The fourth-order valence-corrected chi connectivity index (χ4v) is 1.13. The number of aromatic carboxylic acids is 1. The molecule has 15 heavy (non-hydrogen) atoms. The number of nitrogens with one attached hydrogen (secondary N) is 1. The summed E-state index contributed by atoms with van der Waals surface area (Å²) in [5.41, 5.74) is 1.50. The monoisotopic (exact) mass is 207 g/mol. The van der Waals surface area contributed by atoms with Crippen molar-refractivity contribution >= 4 is 5.97 Å². The van der Waals surface area contributed by atoms with Crippen LogP contribution in [0.25, 0.3) is 0 Å². The highest BCUT2D eigenvalue weighted by molar-refractivity contribution is 5.87. The molecular formula is C12H17NO2. The fourth-order valence-electron chi connectivity index (χ4n) is 1.13. The maximum absolute atomic E-state index is 10.6. The van der Waals surface area contributed by atoms with Crippen molar-refractivity contribution in [3.05, 3.63) is 35.4 Å². The lowest BCUT2D eigenvalue weighted by atomic mass is 10.1. The van der Waals surface area contributed by atoms with Gasteiger partial charge in [-0.15, -0.1) is 0 Å². The second-order valence-corrected chi connectivity index (χ2v) is 4.61. The fraction of sp³-hybridized carbons (Fsp3) is 0.417. The van der Waals surface area contributed by atoms with Gasteiger partial charge < -0.3 is 10.4 Å². The number of carboxylic acid groups (broad SMARTS) is 1. The molecule has 82 valence electrons. The van der Waals surface area contributed by atoms with E-state index in [-0.39, 0.29) is 5.54 Å². The summed E-state index contributed by atoms with van der Waals surface area (Å²) in [6, 6.07) is 6.92. The van der Waals surface area contributed by atoms with Crippen LogP contribution in [0.15, 0.2) is 24.3 Å². The van der Waals surface area contributed by atoms with E-state index in [4.69, 9.17) is 5.11 Å². The lowest BCUT2D eigenvalue weighted by Crippen LogP contribution is -2.35. The Labute approximate surface area is 90.1 Å². The van der Waals surface area contributed by atoms with Crippen LogP contribution in [0.5, 0.6) is 0 Å². The lowest BCUT2D eigenvalue weighted by molar-refractivity contribution is 0.0697. The van der Waals surface area contributed by atoms with Gasteiger partial charge in [-0.25, -0.2) is 4.79 Å². The number of benzene rings is 1. The quantitative estimate of drug-likeness (QED) is 0.799. The zero-order chi connectivity index (χ0) is 11.5. The van der Waals surface area contributed by atoms with Gasteiger partial charge in [-0.1, -0.05) is 12.1 Å². The minimum Gasteiger partial charge on any atom is -0.478 e. The first kappa shape index (κ1) is 11.7. The normalized spacial score (nSPS) is 11.4. The van der Waals surface area contributed by atoms with E-state index >= 15 is 0 Å². The Morgan fingerprint density at radius 2 is 1.80 bits per heavy atom. The SMILES string of the molecule is CC(C)(C)NCc1ccc(C(=O)O)cc1. The van der Waals surface area contributed by atoms with Crippen molar-refractivity contribution < 1.29 is 9.90 Å². The first-order chi connectivity index (χ1) is 6.88. The van der Waals surface area contributed by atoms with Gasteiger partial charge in [0.05, 0.1) is 5.56 Å². The van der Waals surface area contributed by atoms with Crippen molar-refractivity contribution in [3.63, 3.8) is 0 Å². The molecule has 0 spiro atoms. The minimum atomic E-state index is -0.884. The van der Waals surface area contributed by atoms with E-state index in [0.717, 1.165) is 12.1 Å². The molecule has 0 aliphatic carbocycles. The molecule has 0 bridgehead atoms. The molecule has 2 N–H and O–H groups in total. The summed E-state index contributed by atoms with van der Waals surface area (Å²) in [4.78, 5) is 10.6. The van der Waals surface area contributed by atoms with Crippen LogP contribution in [0.3, 0.4) is 0 Å². The van der Waals surface area contributed by atoms with E-state index in [9.17, 15) is 4.79 Å². The van der Waals surface area contributed by atoms with E-state index in [1.165, 1.54) is 0 Å². The molecule has 0 unspecified atom stereocenters. The van der Waals surface area contributed by atoms with Crippen LogP contribution in [0.1, 0.15) is 36.7 Å². The zero-order valence-electron chi connectivity index (χ0n) is 9.37. The third kappa shape index (κ3) is 4.13. The highest BCUT2D eigenvalue weighted by Gasteiger charge is 2.08. The molecule has 0 atom stereocenters. The second kappa shape index (κ2) is 4.45. The van der Waals surface area contributed by atoms with Gasteiger partial charge in [0, 0.05) is 12.1 Å². The molecule has 3 heteroatoms. The average Bonchev–Trinajstić information content (AvgIpc) is 2.14. The number of rotatable bonds is 3. The van der Waals surface area contributed by atoms with Crippen molar-refractivity contribution in [1.29, 1.82) is 0 Å². The number of carbonyl (C=O) groups is 1. The van der Waals surface area contributed by atoms with E-state index in [2.05, 4.69) is 26.1 Å². The van der Waals surface area contributed by atoms with Crippen molar-refractivity contribution in [3.8, 4) is 0 Å². The van der Waals surface area contributed by atoms with E-state index in [1.807, 2.05) is 12.1 Å². The highest BCUT2D eigenvalue weighted by Crippen LogP contribution is 2.06. The predicted molar refractivity (Wildman–Crippen MR) is 60.0 cm³/mol. The molecule has 0 saturated carbocycles. The molecule has 0 saturated heterocycles. The Balaban J connectivity index is 2.61. The van der Waals surface area contributed by atoms with E-state index in [1.54, 1.807) is 12.1 Å². The highest BCUT2D eigenvalue weighted by atomic mass is 16.4. The third-order valence-electron chi connectivity index (χ3n) is 2.02. The number of hydrogen-bond acceptors (Lipinski definition) is 2. The van der Waals surface area contributed by atoms with Crippen molar-refractivity contribution in [1.82, 2.24) is 5.32 Å². The molecule has 1 aromatic rings. The molecule has 3 nitrogen and oxygen atoms in total. The maximum atomic E-state index is 10.6. The van der Waals surface area contributed by atoms with E-state index < -0.39 is 5.97 Å². The standard InChI is InChI=1S/C12H17NO2/c1-12(2,3)13-8-9-4-6-10(7-5-9)11(14)15/h4-7,13H,8H2,1-3H3,(H,14,15). The summed E-state index contributed by atoms with van der Waals surface area (Å²) in [6.45, 7) is 7.04. The van der Waals surface area contributed by atoms with Crippen LogP contribution in [0, 0.1) is 0 Å². The van der Waals surface area contributed by atoms with Gasteiger partial charge in [0.1, 0.15) is 0 Å². The summed E-state index contributed by atoms with van der Waals surface area (Å²) >= 11 is 0. The van der Waals surface area contributed by atoms with Crippen LogP contribution < -0.4 is 5.32 Å². The Bertz CT molecular complexity index is 336. The average molecular weight is 207 g/mol. The first-order valence-corrected chi connectivity index (χ1v) is 4.96. The molecule has 0 aliphatic rings. The van der Waals surface area contributed by atoms with Crippen LogP contribution in [-0.4, -0.2) is 16.6 Å². The molecule has 0 radical (unpaired) electrons. The maximum Gasteiger partial charge on any atom is 0.335 e. The molecule has 1 aromatic carbocycles. The first-order valence-electron chi connectivity index (χ1n) is 4.96. The van der Waals surface area contributed by atoms with Gasteiger partial charge in [-0.05, 0) is 38.5 Å². The number of hydrogen-bond donors (Lipinski definition) is 2. The van der Waals surface area contributed by atoms with Crippen molar-refractivity contribution in [2.45, 2.75) is 32.9 Å². The van der Waals surface area contributed by atoms with Gasteiger partial charge in [0.15, 0.2) is 0 Å². The topological polar surface area (TPSA) is 49.3 Å². The van der Waals surface area contributed by atoms with Crippen LogP contribution in [0.2, 0.25) is 0 Å². The van der Waals surface area contributed by atoms with Crippen LogP contribution in [0.4, 0.5) is 0 Å². The summed E-state index contributed by atoms with van der Waals surface area (Å²) in [7, 11) is 0. The Morgan fingerprint density at radius 1 is 1.27 bits per heavy atom. The van der Waals surface area contributed by atoms with E-state index in [0.29, 0.717) is 5.56 Å². The van der Waals surface area contributed by atoms with Gasteiger partial charge in [0.2, 0.25) is 0 Å². The molecule has 0 amide bonds. The van der Waals surface area contributed by atoms with Crippen LogP contribution >= 0.6 is 0 Å². The Morgan fingerprint density at radius 3 is 2.20 bits per heavy atom. The van der Waals surface area contributed by atoms with Gasteiger partial charge >= 0.3 is 5.97 Å². The molecule has 1 rings (SSSR count). The Kier molecular flexibility index (Phi) is 3.48. The molecular weight excluding hydrogens is 190 g/mol. The molecule has 0 aromatic heterocycles.